The first-order chi connectivity index (χ1) is 13.8. The van der Waals surface area contributed by atoms with Crippen molar-refractivity contribution in [2.75, 3.05) is 13.1 Å². The molecule has 2 amide bonds. The van der Waals surface area contributed by atoms with Gasteiger partial charge in [-0.15, -0.1) is 0 Å². The predicted molar refractivity (Wildman–Crippen MR) is 124 cm³/mol. The summed E-state index contributed by atoms with van der Waals surface area (Å²) >= 11 is 0. The zero-order chi connectivity index (χ0) is 22.0. The van der Waals surface area contributed by atoms with Gasteiger partial charge in [-0.1, -0.05) is 58.8 Å². The lowest BCUT2D eigenvalue weighted by atomic mass is 9.96. The Hall–Kier alpha value is -1.10. The molecule has 0 fully saturated rings. The minimum absolute atomic E-state index is 0.0961. The molecule has 4 N–H and O–H groups in total. The number of carbonyl (C=O) groups excluding carboxylic acids is 2. The first-order valence-electron chi connectivity index (χ1n) is 12.0. The maximum Gasteiger partial charge on any atom is 0.220 e. The second-order valence-electron chi connectivity index (χ2n) is 9.54. The van der Waals surface area contributed by atoms with Crippen LogP contribution in [-0.2, 0) is 9.59 Å². The molecule has 0 heterocycles. The molecule has 0 aromatic heterocycles. The number of amides is 2. The molecule has 0 bridgehead atoms. The zero-order valence-corrected chi connectivity index (χ0v) is 19.8. The van der Waals surface area contributed by atoms with Crippen LogP contribution in [0, 0.1) is 5.92 Å². The van der Waals surface area contributed by atoms with Crippen molar-refractivity contribution in [3.05, 3.63) is 0 Å². The molecule has 0 aliphatic rings. The van der Waals surface area contributed by atoms with E-state index in [1.54, 1.807) is 0 Å². The third-order valence-electron chi connectivity index (χ3n) is 5.32. The van der Waals surface area contributed by atoms with Crippen LogP contribution in [0.5, 0.6) is 0 Å². The van der Waals surface area contributed by atoms with Gasteiger partial charge in [-0.3, -0.25) is 9.59 Å². The normalized spacial score (nSPS) is 11.7. The molecule has 0 rings (SSSR count). The number of nitrogens with one attached hydrogen (secondary N) is 2. The van der Waals surface area contributed by atoms with Crippen molar-refractivity contribution >= 4 is 11.8 Å². The molecule has 0 atom stereocenters. The summed E-state index contributed by atoms with van der Waals surface area (Å²) < 4.78 is 0. The maximum absolute atomic E-state index is 12.1. The fourth-order valence-electron chi connectivity index (χ4n) is 3.49. The molecule has 0 saturated carbocycles. The van der Waals surface area contributed by atoms with Crippen LogP contribution in [-0.4, -0.2) is 30.4 Å². The van der Waals surface area contributed by atoms with Gasteiger partial charge in [0.1, 0.15) is 0 Å². The highest BCUT2D eigenvalue weighted by molar-refractivity contribution is 5.77. The van der Waals surface area contributed by atoms with E-state index in [-0.39, 0.29) is 17.4 Å². The average Bonchev–Trinajstić information content (AvgIpc) is 2.63. The fraction of sp³-hybridized carbons (Fsp3) is 0.917. The first-order valence-corrected chi connectivity index (χ1v) is 12.0. The minimum Gasteiger partial charge on any atom is -0.356 e. The summed E-state index contributed by atoms with van der Waals surface area (Å²) in [6, 6.07) is 0. The van der Waals surface area contributed by atoms with E-state index in [0.29, 0.717) is 12.8 Å². The summed E-state index contributed by atoms with van der Waals surface area (Å²) in [4.78, 5) is 24.0. The van der Waals surface area contributed by atoms with Crippen LogP contribution in [0.3, 0.4) is 0 Å². The Morgan fingerprint density at radius 1 is 0.793 bits per heavy atom. The van der Waals surface area contributed by atoms with E-state index in [9.17, 15) is 9.59 Å². The monoisotopic (exact) mass is 411 g/mol. The lowest BCUT2D eigenvalue weighted by molar-refractivity contribution is -0.124. The molecule has 0 radical (unpaired) electrons. The second-order valence-corrected chi connectivity index (χ2v) is 9.54. The largest absolute Gasteiger partial charge is 0.356 e. The van der Waals surface area contributed by atoms with Crippen molar-refractivity contribution in [3.63, 3.8) is 0 Å². The van der Waals surface area contributed by atoms with E-state index >= 15 is 0 Å². The van der Waals surface area contributed by atoms with Crippen molar-refractivity contribution in [1.29, 1.82) is 0 Å². The summed E-state index contributed by atoms with van der Waals surface area (Å²) in [5, 5.41) is 6.14. The van der Waals surface area contributed by atoms with Gasteiger partial charge in [0, 0.05) is 24.9 Å². The van der Waals surface area contributed by atoms with Gasteiger partial charge in [-0.25, -0.2) is 0 Å². The lowest BCUT2D eigenvalue weighted by Crippen LogP contribution is -2.43. The molecular formula is C24H49N3O2. The minimum atomic E-state index is -0.160. The van der Waals surface area contributed by atoms with E-state index in [2.05, 4.69) is 38.3 Å². The molecule has 0 spiro atoms. The number of rotatable bonds is 19. The SMILES string of the molecule is CC(C)CCCCCCNC(=O)CCCCC(=O)NC(C)(C)CCCCCCN. The van der Waals surface area contributed by atoms with Crippen LogP contribution in [0.25, 0.3) is 0 Å². The molecule has 0 unspecified atom stereocenters. The predicted octanol–water partition coefficient (Wildman–Crippen LogP) is 5.07. The van der Waals surface area contributed by atoms with Crippen molar-refractivity contribution in [3.8, 4) is 0 Å². The van der Waals surface area contributed by atoms with E-state index in [0.717, 1.165) is 57.5 Å². The Morgan fingerprint density at radius 3 is 2.03 bits per heavy atom. The van der Waals surface area contributed by atoms with Crippen molar-refractivity contribution in [1.82, 2.24) is 10.6 Å². The molecule has 172 valence electrons. The molecule has 0 aliphatic carbocycles. The quantitative estimate of drug-likeness (QED) is 0.259. The van der Waals surface area contributed by atoms with Crippen LogP contribution >= 0.6 is 0 Å². The lowest BCUT2D eigenvalue weighted by Gasteiger charge is -2.26. The number of unbranched alkanes of at least 4 members (excludes halogenated alkanes) is 7. The highest BCUT2D eigenvalue weighted by Crippen LogP contribution is 2.15. The van der Waals surface area contributed by atoms with Crippen LogP contribution < -0.4 is 16.4 Å². The summed E-state index contributed by atoms with van der Waals surface area (Å²) in [7, 11) is 0. The van der Waals surface area contributed by atoms with Gasteiger partial charge in [0.05, 0.1) is 0 Å². The summed E-state index contributed by atoms with van der Waals surface area (Å²) in [5.74, 6) is 0.999. The van der Waals surface area contributed by atoms with E-state index in [1.807, 2.05) is 0 Å². The van der Waals surface area contributed by atoms with Gasteiger partial charge in [0.25, 0.3) is 0 Å². The van der Waals surface area contributed by atoms with Gasteiger partial charge in [0.15, 0.2) is 0 Å². The molecule has 0 aromatic carbocycles. The Bertz CT molecular complexity index is 422. The molecule has 5 nitrogen and oxygen atoms in total. The third kappa shape index (κ3) is 20.0. The van der Waals surface area contributed by atoms with Crippen molar-refractivity contribution in [2.24, 2.45) is 11.7 Å². The molecule has 0 aromatic rings. The van der Waals surface area contributed by atoms with Gasteiger partial charge >= 0.3 is 0 Å². The maximum atomic E-state index is 12.1. The standard InChI is InChI=1S/C24H49N3O2/c1-21(2)15-9-5-8-14-20-26-22(28)16-10-11-17-23(29)27-24(3,4)18-12-6-7-13-19-25/h21H,5-20,25H2,1-4H3,(H,26,28)(H,27,29). The Morgan fingerprint density at radius 2 is 1.38 bits per heavy atom. The molecule has 5 heteroatoms. The van der Waals surface area contributed by atoms with Crippen molar-refractivity contribution in [2.45, 2.75) is 123 Å². The smallest absolute Gasteiger partial charge is 0.220 e. The Kier molecular flexibility index (Phi) is 17.1. The highest BCUT2D eigenvalue weighted by Gasteiger charge is 2.19. The van der Waals surface area contributed by atoms with Gasteiger partial charge in [-0.05, 0) is 58.4 Å². The van der Waals surface area contributed by atoms with E-state index in [4.69, 9.17) is 5.73 Å². The highest BCUT2D eigenvalue weighted by atomic mass is 16.2. The molecule has 0 aliphatic heterocycles. The summed E-state index contributed by atoms with van der Waals surface area (Å²) in [5.41, 5.74) is 5.35. The first kappa shape index (κ1) is 27.9. The van der Waals surface area contributed by atoms with Crippen LogP contribution in [0.1, 0.15) is 118 Å². The number of hydrogen-bond donors (Lipinski definition) is 3. The second kappa shape index (κ2) is 17.7. The molecule has 0 saturated heterocycles. The van der Waals surface area contributed by atoms with Gasteiger partial charge in [0.2, 0.25) is 11.8 Å². The number of hydrogen-bond acceptors (Lipinski definition) is 3. The van der Waals surface area contributed by atoms with Gasteiger partial charge in [-0.2, -0.15) is 0 Å². The Balaban J connectivity index is 3.62. The van der Waals surface area contributed by atoms with E-state index < -0.39 is 0 Å². The fourth-order valence-corrected chi connectivity index (χ4v) is 3.49. The topological polar surface area (TPSA) is 84.2 Å². The van der Waals surface area contributed by atoms with Crippen LogP contribution in [0.2, 0.25) is 0 Å². The summed E-state index contributed by atoms with van der Waals surface area (Å²) in [6.45, 7) is 10.2. The summed E-state index contributed by atoms with van der Waals surface area (Å²) in [6.07, 6.45) is 14.2. The zero-order valence-electron chi connectivity index (χ0n) is 19.8. The van der Waals surface area contributed by atoms with Crippen LogP contribution in [0.15, 0.2) is 0 Å². The molecular weight excluding hydrogens is 362 g/mol. The number of nitrogens with two attached hydrogens (primary N) is 1. The number of carbonyl (C=O) groups is 2. The van der Waals surface area contributed by atoms with Gasteiger partial charge < -0.3 is 16.4 Å². The Labute approximate surface area is 180 Å². The van der Waals surface area contributed by atoms with Crippen molar-refractivity contribution < 1.29 is 9.59 Å². The third-order valence-corrected chi connectivity index (χ3v) is 5.32. The van der Waals surface area contributed by atoms with E-state index in [1.165, 1.54) is 38.5 Å². The molecule has 29 heavy (non-hydrogen) atoms. The average molecular weight is 412 g/mol. The van der Waals surface area contributed by atoms with Crippen LogP contribution in [0.4, 0.5) is 0 Å².